The number of hydrogen-bond donors (Lipinski definition) is 1. The second-order valence-corrected chi connectivity index (χ2v) is 8.39. The lowest BCUT2D eigenvalue weighted by molar-refractivity contribution is -0.127. The van der Waals surface area contributed by atoms with Gasteiger partial charge in [0.15, 0.2) is 0 Å². The van der Waals surface area contributed by atoms with Gasteiger partial charge in [-0.3, -0.25) is 14.6 Å². The molecule has 144 valence electrons. The Hall–Kier alpha value is -1.90. The van der Waals surface area contributed by atoms with Crippen molar-refractivity contribution in [3.63, 3.8) is 0 Å². The quantitative estimate of drug-likeness (QED) is 0.870. The maximum Gasteiger partial charge on any atom is 0.224 e. The molecule has 1 aliphatic carbocycles. The van der Waals surface area contributed by atoms with Crippen LogP contribution in [0.25, 0.3) is 0 Å². The topological polar surface area (TPSA) is 59.4 Å². The molecule has 1 aromatic rings. The molecule has 4 rings (SSSR count). The Morgan fingerprint density at radius 2 is 1.89 bits per heavy atom. The molecule has 2 aliphatic heterocycles. The van der Waals surface area contributed by atoms with Gasteiger partial charge < -0.3 is 5.32 Å². The van der Waals surface area contributed by atoms with E-state index in [1.165, 1.54) is 0 Å². The van der Waals surface area contributed by atoms with Gasteiger partial charge in [-0.15, -0.1) is 0 Å². The van der Waals surface area contributed by atoms with Gasteiger partial charge in [0.2, 0.25) is 5.91 Å². The highest BCUT2D eigenvalue weighted by molar-refractivity contribution is 5.79. The van der Waals surface area contributed by atoms with Crippen molar-refractivity contribution in [3.8, 4) is 6.07 Å². The zero-order valence-electron chi connectivity index (χ0n) is 16.1. The summed E-state index contributed by atoms with van der Waals surface area (Å²) in [4.78, 5) is 17.5. The number of nitriles is 1. The molecule has 2 saturated heterocycles. The van der Waals surface area contributed by atoms with E-state index in [1.807, 2.05) is 18.2 Å². The van der Waals surface area contributed by atoms with Crippen LogP contribution in [0.4, 0.5) is 0 Å². The fourth-order valence-corrected chi connectivity index (χ4v) is 4.55. The highest BCUT2D eigenvalue weighted by Crippen LogP contribution is 2.26. The molecule has 5 heteroatoms. The van der Waals surface area contributed by atoms with E-state index in [-0.39, 0.29) is 11.8 Å². The van der Waals surface area contributed by atoms with E-state index >= 15 is 0 Å². The van der Waals surface area contributed by atoms with Gasteiger partial charge in [-0.25, -0.2) is 0 Å². The van der Waals surface area contributed by atoms with E-state index in [9.17, 15) is 10.1 Å². The first kappa shape index (κ1) is 18.5. The van der Waals surface area contributed by atoms with Crippen molar-refractivity contribution >= 4 is 5.91 Å². The van der Waals surface area contributed by atoms with Gasteiger partial charge in [0.1, 0.15) is 0 Å². The molecular weight excluding hydrogens is 336 g/mol. The molecule has 2 heterocycles. The van der Waals surface area contributed by atoms with Gasteiger partial charge >= 0.3 is 0 Å². The highest BCUT2D eigenvalue weighted by atomic mass is 16.2. The van der Waals surface area contributed by atoms with Gasteiger partial charge in [-0.05, 0) is 69.8 Å². The van der Waals surface area contributed by atoms with Crippen molar-refractivity contribution in [2.24, 2.45) is 5.92 Å². The van der Waals surface area contributed by atoms with Crippen LogP contribution in [0.1, 0.15) is 49.7 Å². The van der Waals surface area contributed by atoms with Crippen molar-refractivity contribution in [1.82, 2.24) is 15.1 Å². The molecule has 0 spiro atoms. The van der Waals surface area contributed by atoms with E-state index in [4.69, 9.17) is 0 Å². The average molecular weight is 367 g/mol. The van der Waals surface area contributed by atoms with Crippen LogP contribution >= 0.6 is 0 Å². The van der Waals surface area contributed by atoms with E-state index in [0.29, 0.717) is 12.1 Å². The van der Waals surface area contributed by atoms with Gasteiger partial charge in [-0.1, -0.05) is 18.2 Å². The van der Waals surface area contributed by atoms with Crippen LogP contribution in [0.15, 0.2) is 24.3 Å². The summed E-state index contributed by atoms with van der Waals surface area (Å²) < 4.78 is 0. The molecule has 0 aromatic heterocycles. The molecule has 0 bridgehead atoms. The van der Waals surface area contributed by atoms with Crippen molar-refractivity contribution in [2.75, 3.05) is 26.2 Å². The molecule has 1 amide bonds. The van der Waals surface area contributed by atoms with Crippen LogP contribution in [0.3, 0.4) is 0 Å². The summed E-state index contributed by atoms with van der Waals surface area (Å²) in [5.41, 5.74) is 1.92. The molecule has 1 saturated carbocycles. The predicted octanol–water partition coefficient (Wildman–Crippen LogP) is 2.51. The number of rotatable bonds is 5. The van der Waals surface area contributed by atoms with E-state index < -0.39 is 0 Å². The fourth-order valence-electron chi connectivity index (χ4n) is 4.55. The summed E-state index contributed by atoms with van der Waals surface area (Å²) in [5, 5.41) is 12.5. The number of piperidine rings is 2. The van der Waals surface area contributed by atoms with Crippen LogP contribution in [-0.2, 0) is 11.3 Å². The molecule has 3 aliphatic rings. The minimum atomic E-state index is 0.180. The molecule has 1 atom stereocenters. The maximum absolute atomic E-state index is 12.4. The van der Waals surface area contributed by atoms with Gasteiger partial charge in [0.25, 0.3) is 0 Å². The van der Waals surface area contributed by atoms with Crippen molar-refractivity contribution in [3.05, 3.63) is 35.4 Å². The summed E-state index contributed by atoms with van der Waals surface area (Å²) in [6.45, 7) is 5.07. The zero-order valence-corrected chi connectivity index (χ0v) is 16.1. The SMILES string of the molecule is N#Cc1ccccc1CN1CCC(N2CCC[C@H](C(=O)NC3CC3)C2)CC1. The first-order chi connectivity index (χ1) is 13.2. The smallest absolute Gasteiger partial charge is 0.224 e. The summed E-state index contributed by atoms with van der Waals surface area (Å²) >= 11 is 0. The molecular formula is C22H30N4O. The van der Waals surface area contributed by atoms with Gasteiger partial charge in [0.05, 0.1) is 17.6 Å². The van der Waals surface area contributed by atoms with E-state index in [1.54, 1.807) is 0 Å². The van der Waals surface area contributed by atoms with Crippen molar-refractivity contribution in [2.45, 2.75) is 57.2 Å². The van der Waals surface area contributed by atoms with Crippen LogP contribution in [0.5, 0.6) is 0 Å². The Kier molecular flexibility index (Phi) is 5.75. The lowest BCUT2D eigenvalue weighted by atomic mass is 9.93. The second-order valence-electron chi connectivity index (χ2n) is 8.39. The third kappa shape index (κ3) is 4.69. The molecule has 5 nitrogen and oxygen atoms in total. The number of nitrogens with zero attached hydrogens (tertiary/aromatic N) is 3. The number of likely N-dealkylation sites (tertiary alicyclic amines) is 2. The molecule has 0 unspecified atom stereocenters. The number of benzene rings is 1. The fraction of sp³-hybridized carbons (Fsp3) is 0.636. The van der Waals surface area contributed by atoms with Crippen LogP contribution < -0.4 is 5.32 Å². The summed E-state index contributed by atoms with van der Waals surface area (Å²) in [6, 6.07) is 11.3. The number of carbonyl (C=O) groups is 1. The van der Waals surface area contributed by atoms with Crippen molar-refractivity contribution < 1.29 is 4.79 Å². The van der Waals surface area contributed by atoms with E-state index in [2.05, 4.69) is 27.3 Å². The summed E-state index contributed by atoms with van der Waals surface area (Å²) in [7, 11) is 0. The average Bonchev–Trinajstić information content (AvgIpc) is 3.53. The lowest BCUT2D eigenvalue weighted by Crippen LogP contribution is -2.50. The second kappa shape index (κ2) is 8.41. The van der Waals surface area contributed by atoms with E-state index in [0.717, 1.165) is 82.4 Å². The Bertz CT molecular complexity index is 701. The Labute approximate surface area is 162 Å². The maximum atomic E-state index is 12.4. The Morgan fingerprint density at radius 3 is 2.63 bits per heavy atom. The Morgan fingerprint density at radius 1 is 1.11 bits per heavy atom. The summed E-state index contributed by atoms with van der Waals surface area (Å²) in [5.74, 6) is 0.465. The number of carbonyl (C=O) groups excluding carboxylic acids is 1. The largest absolute Gasteiger partial charge is 0.353 e. The van der Waals surface area contributed by atoms with Gasteiger partial charge in [0, 0.05) is 25.2 Å². The lowest BCUT2D eigenvalue weighted by Gasteiger charge is -2.42. The molecule has 0 radical (unpaired) electrons. The normalized spacial score (nSPS) is 25.1. The Balaban J connectivity index is 1.27. The number of hydrogen-bond acceptors (Lipinski definition) is 4. The first-order valence-corrected chi connectivity index (χ1v) is 10.5. The summed E-state index contributed by atoms with van der Waals surface area (Å²) in [6.07, 6.45) is 6.82. The molecule has 1 N–H and O–H groups in total. The molecule has 1 aromatic carbocycles. The minimum absolute atomic E-state index is 0.180. The monoisotopic (exact) mass is 366 g/mol. The first-order valence-electron chi connectivity index (χ1n) is 10.5. The van der Waals surface area contributed by atoms with Gasteiger partial charge in [-0.2, -0.15) is 5.26 Å². The van der Waals surface area contributed by atoms with Crippen LogP contribution in [-0.4, -0.2) is 54.0 Å². The predicted molar refractivity (Wildman–Crippen MR) is 105 cm³/mol. The number of amides is 1. The molecule has 3 fully saturated rings. The molecule has 27 heavy (non-hydrogen) atoms. The highest BCUT2D eigenvalue weighted by Gasteiger charge is 2.33. The zero-order chi connectivity index (χ0) is 18.6. The third-order valence-corrected chi connectivity index (χ3v) is 6.35. The van der Waals surface area contributed by atoms with Crippen LogP contribution in [0, 0.1) is 17.2 Å². The van der Waals surface area contributed by atoms with Crippen LogP contribution in [0.2, 0.25) is 0 Å². The third-order valence-electron chi connectivity index (χ3n) is 6.35. The minimum Gasteiger partial charge on any atom is -0.353 e. The van der Waals surface area contributed by atoms with Crippen molar-refractivity contribution in [1.29, 1.82) is 5.26 Å². The number of nitrogens with one attached hydrogen (secondary N) is 1. The standard InChI is InChI=1S/C22H30N4O/c23-14-17-4-1-2-5-18(17)15-25-12-9-21(10-13-25)26-11-3-6-19(16-26)22(27)24-20-7-8-20/h1-2,4-5,19-21H,3,6-13,15-16H2,(H,24,27)/t19-/m0/s1.